The van der Waals surface area contributed by atoms with E-state index >= 15 is 0 Å². The van der Waals surface area contributed by atoms with E-state index in [-0.39, 0.29) is 16.1 Å². The molecular formula is C27H24N2O3S. The number of ether oxygens (including phenoxy) is 1. The Morgan fingerprint density at radius 3 is 2.06 bits per heavy atom. The molecule has 0 bridgehead atoms. The van der Waals surface area contributed by atoms with Crippen molar-refractivity contribution in [2.24, 2.45) is 0 Å². The van der Waals surface area contributed by atoms with Crippen molar-refractivity contribution in [3.05, 3.63) is 95.6 Å². The normalized spacial score (nSPS) is 15.5. The van der Waals surface area contributed by atoms with Crippen molar-refractivity contribution in [3.63, 3.8) is 0 Å². The number of benzene rings is 3. The predicted octanol–water partition coefficient (Wildman–Crippen LogP) is 5.61. The fourth-order valence-corrected chi connectivity index (χ4v) is 3.71. The minimum atomic E-state index is -0.509. The fourth-order valence-electron chi connectivity index (χ4n) is 3.43. The van der Waals surface area contributed by atoms with Crippen LogP contribution in [0.3, 0.4) is 0 Å². The maximum absolute atomic E-state index is 13.2. The van der Waals surface area contributed by atoms with Crippen LogP contribution in [0, 0.1) is 0 Å². The third kappa shape index (κ3) is 5.02. The second-order valence-electron chi connectivity index (χ2n) is 8.74. The van der Waals surface area contributed by atoms with Gasteiger partial charge in [0.05, 0.1) is 5.69 Å². The minimum Gasteiger partial charge on any atom is -0.457 e. The zero-order valence-corrected chi connectivity index (χ0v) is 19.5. The molecule has 0 aliphatic carbocycles. The Labute approximate surface area is 198 Å². The van der Waals surface area contributed by atoms with E-state index in [1.54, 1.807) is 30.3 Å². The zero-order chi connectivity index (χ0) is 23.6. The van der Waals surface area contributed by atoms with E-state index < -0.39 is 11.8 Å². The summed E-state index contributed by atoms with van der Waals surface area (Å²) in [6.07, 6.45) is 1.59. The molecule has 6 heteroatoms. The molecule has 3 aromatic rings. The summed E-state index contributed by atoms with van der Waals surface area (Å²) in [5.74, 6) is 0.356. The molecule has 1 aliphatic rings. The van der Waals surface area contributed by atoms with Gasteiger partial charge in [-0.1, -0.05) is 63.2 Å². The quantitative estimate of drug-likeness (QED) is 0.315. The highest BCUT2D eigenvalue weighted by atomic mass is 32.1. The van der Waals surface area contributed by atoms with E-state index in [4.69, 9.17) is 17.0 Å². The number of carbonyl (C=O) groups excluding carboxylic acids is 2. The topological polar surface area (TPSA) is 58.6 Å². The molecule has 0 aromatic heterocycles. The largest absolute Gasteiger partial charge is 0.457 e. The van der Waals surface area contributed by atoms with E-state index in [1.165, 1.54) is 10.5 Å². The molecule has 33 heavy (non-hydrogen) atoms. The molecule has 1 aliphatic heterocycles. The SMILES string of the molecule is CC(C)(C)c1ccc(/C=C2\C(=O)NC(=S)N(c3ccc(Oc4ccccc4)cc3)C2=O)cc1. The van der Waals surface area contributed by atoms with Crippen LogP contribution in [0.15, 0.2) is 84.4 Å². The number of thiocarbonyl (C=S) groups is 1. The van der Waals surface area contributed by atoms with Crippen molar-refractivity contribution in [2.75, 3.05) is 4.90 Å². The monoisotopic (exact) mass is 456 g/mol. The fraction of sp³-hybridized carbons (Fsp3) is 0.148. The summed E-state index contributed by atoms with van der Waals surface area (Å²) in [5, 5.41) is 2.66. The van der Waals surface area contributed by atoms with Crippen molar-refractivity contribution in [2.45, 2.75) is 26.2 Å². The standard InChI is InChI=1S/C27H24N2O3S/c1-27(2,3)19-11-9-18(10-12-19)17-23-24(30)28-26(33)29(25(23)31)20-13-15-22(16-14-20)32-21-7-5-4-6-8-21/h4-17H,1-3H3,(H,28,30,33)/b23-17+. The summed E-state index contributed by atoms with van der Waals surface area (Å²) in [5.41, 5.74) is 2.52. The Balaban J connectivity index is 1.58. The Morgan fingerprint density at radius 1 is 0.848 bits per heavy atom. The number of amides is 2. The van der Waals surface area contributed by atoms with Crippen molar-refractivity contribution < 1.29 is 14.3 Å². The lowest BCUT2D eigenvalue weighted by Gasteiger charge is -2.29. The lowest BCUT2D eigenvalue weighted by Crippen LogP contribution is -2.54. The molecule has 166 valence electrons. The number of nitrogens with zero attached hydrogens (tertiary/aromatic N) is 1. The summed E-state index contributed by atoms with van der Waals surface area (Å²) < 4.78 is 5.81. The molecule has 1 heterocycles. The maximum atomic E-state index is 13.2. The van der Waals surface area contributed by atoms with E-state index in [0.717, 1.165) is 5.56 Å². The predicted molar refractivity (Wildman–Crippen MR) is 134 cm³/mol. The number of hydrogen-bond acceptors (Lipinski definition) is 4. The smallest absolute Gasteiger partial charge is 0.270 e. The Bertz CT molecular complexity index is 1230. The first kappa shape index (κ1) is 22.4. The zero-order valence-electron chi connectivity index (χ0n) is 18.7. The van der Waals surface area contributed by atoms with Crippen LogP contribution in [0.1, 0.15) is 31.9 Å². The lowest BCUT2D eigenvalue weighted by molar-refractivity contribution is -0.122. The van der Waals surface area contributed by atoms with Gasteiger partial charge in [0.1, 0.15) is 17.1 Å². The first-order valence-electron chi connectivity index (χ1n) is 10.6. The first-order chi connectivity index (χ1) is 15.7. The average Bonchev–Trinajstić information content (AvgIpc) is 2.78. The van der Waals surface area contributed by atoms with Gasteiger partial charge in [0.25, 0.3) is 11.8 Å². The van der Waals surface area contributed by atoms with E-state index in [0.29, 0.717) is 17.2 Å². The molecule has 2 amide bonds. The molecule has 1 fully saturated rings. The third-order valence-corrected chi connectivity index (χ3v) is 5.55. The molecule has 1 N–H and O–H groups in total. The highest BCUT2D eigenvalue weighted by Crippen LogP contribution is 2.27. The van der Waals surface area contributed by atoms with Gasteiger partial charge in [-0.2, -0.15) is 0 Å². The van der Waals surface area contributed by atoms with Crippen molar-refractivity contribution in [1.82, 2.24) is 5.32 Å². The molecule has 4 rings (SSSR count). The van der Waals surface area contributed by atoms with Crippen LogP contribution in [0.2, 0.25) is 0 Å². The van der Waals surface area contributed by atoms with Gasteiger partial charge in [0.15, 0.2) is 5.11 Å². The van der Waals surface area contributed by atoms with Gasteiger partial charge >= 0.3 is 0 Å². The second kappa shape index (κ2) is 9.00. The van der Waals surface area contributed by atoms with Gasteiger partial charge < -0.3 is 4.74 Å². The molecule has 0 atom stereocenters. The molecule has 3 aromatic carbocycles. The van der Waals surface area contributed by atoms with Crippen molar-refractivity contribution in [3.8, 4) is 11.5 Å². The van der Waals surface area contributed by atoms with Crippen LogP contribution in [0.4, 0.5) is 5.69 Å². The Morgan fingerprint density at radius 2 is 1.45 bits per heavy atom. The number of rotatable bonds is 4. The van der Waals surface area contributed by atoms with Gasteiger partial charge in [-0.05, 0) is 71.2 Å². The van der Waals surface area contributed by atoms with Gasteiger partial charge in [0, 0.05) is 0 Å². The van der Waals surface area contributed by atoms with Gasteiger partial charge in [0.2, 0.25) is 0 Å². The van der Waals surface area contributed by atoms with Crippen LogP contribution in [0.5, 0.6) is 11.5 Å². The summed E-state index contributed by atoms with van der Waals surface area (Å²) >= 11 is 5.29. The van der Waals surface area contributed by atoms with Crippen molar-refractivity contribution >= 4 is 40.9 Å². The number of hydrogen-bond donors (Lipinski definition) is 1. The van der Waals surface area contributed by atoms with Crippen LogP contribution >= 0.6 is 12.2 Å². The molecule has 0 saturated carbocycles. The van der Waals surface area contributed by atoms with E-state index in [9.17, 15) is 9.59 Å². The number of carbonyl (C=O) groups is 2. The van der Waals surface area contributed by atoms with Crippen LogP contribution in [-0.4, -0.2) is 16.9 Å². The molecule has 1 saturated heterocycles. The summed E-state index contributed by atoms with van der Waals surface area (Å²) in [7, 11) is 0. The molecular weight excluding hydrogens is 432 g/mol. The van der Waals surface area contributed by atoms with E-state index in [1.807, 2.05) is 54.6 Å². The molecule has 0 unspecified atom stereocenters. The molecule has 0 radical (unpaired) electrons. The molecule has 5 nitrogen and oxygen atoms in total. The maximum Gasteiger partial charge on any atom is 0.270 e. The average molecular weight is 457 g/mol. The highest BCUT2D eigenvalue weighted by Gasteiger charge is 2.34. The summed E-state index contributed by atoms with van der Waals surface area (Å²) in [6, 6.07) is 24.2. The first-order valence-corrected chi connectivity index (χ1v) is 11.0. The summed E-state index contributed by atoms with van der Waals surface area (Å²) in [6.45, 7) is 6.40. The number of para-hydroxylation sites is 1. The molecule has 0 spiro atoms. The second-order valence-corrected chi connectivity index (χ2v) is 9.13. The highest BCUT2D eigenvalue weighted by molar-refractivity contribution is 7.80. The van der Waals surface area contributed by atoms with Crippen molar-refractivity contribution in [1.29, 1.82) is 0 Å². The van der Waals surface area contributed by atoms with E-state index in [2.05, 4.69) is 26.1 Å². The van der Waals surface area contributed by atoms with Crippen LogP contribution in [0.25, 0.3) is 6.08 Å². The van der Waals surface area contributed by atoms with Gasteiger partial charge in [-0.15, -0.1) is 0 Å². The third-order valence-electron chi connectivity index (χ3n) is 5.26. The van der Waals surface area contributed by atoms with Gasteiger partial charge in [-0.25, -0.2) is 0 Å². The van der Waals surface area contributed by atoms with Gasteiger partial charge in [-0.3, -0.25) is 19.8 Å². The Hall–Kier alpha value is -3.77. The number of anilines is 1. The summed E-state index contributed by atoms with van der Waals surface area (Å²) in [4.78, 5) is 27.1. The lowest BCUT2D eigenvalue weighted by atomic mass is 9.86. The minimum absolute atomic E-state index is 0.0169. The van der Waals surface area contributed by atoms with Crippen LogP contribution in [-0.2, 0) is 15.0 Å². The Kier molecular flexibility index (Phi) is 6.11. The van der Waals surface area contributed by atoms with Crippen LogP contribution < -0.4 is 15.0 Å². The number of nitrogens with one attached hydrogen (secondary N) is 1.